The summed E-state index contributed by atoms with van der Waals surface area (Å²) in [6.07, 6.45) is 10.7. The highest BCUT2D eigenvalue weighted by Gasteiger charge is 2.50. The van der Waals surface area contributed by atoms with Gasteiger partial charge in [-0.05, 0) is 55.3 Å². The Balaban J connectivity index is 1.41. The van der Waals surface area contributed by atoms with Crippen molar-refractivity contribution < 1.29 is 13.5 Å². The van der Waals surface area contributed by atoms with Gasteiger partial charge >= 0.3 is 0 Å². The lowest BCUT2D eigenvalue weighted by Gasteiger charge is -2.57. The number of rotatable bonds is 5. The van der Waals surface area contributed by atoms with E-state index in [0.717, 1.165) is 32.2 Å². The Kier molecular flexibility index (Phi) is 5.96. The molecule has 1 aliphatic carbocycles. The van der Waals surface area contributed by atoms with E-state index in [2.05, 4.69) is 40.2 Å². The van der Waals surface area contributed by atoms with Crippen LogP contribution in [-0.2, 0) is 17.1 Å². The molecule has 0 radical (unpaired) electrons. The van der Waals surface area contributed by atoms with E-state index in [-0.39, 0.29) is 29.6 Å². The van der Waals surface area contributed by atoms with Gasteiger partial charge in [0, 0.05) is 44.3 Å². The van der Waals surface area contributed by atoms with E-state index in [9.17, 15) is 13.5 Å². The summed E-state index contributed by atoms with van der Waals surface area (Å²) in [5.41, 5.74) is 3.88. The van der Waals surface area contributed by atoms with E-state index in [1.165, 1.54) is 29.4 Å². The summed E-state index contributed by atoms with van der Waals surface area (Å²) in [7, 11) is -1.87. The van der Waals surface area contributed by atoms with Crippen LogP contribution in [0.3, 0.4) is 0 Å². The van der Waals surface area contributed by atoms with Crippen LogP contribution in [0.5, 0.6) is 0 Å². The summed E-state index contributed by atoms with van der Waals surface area (Å²) >= 11 is 0. The molecule has 0 spiro atoms. The first-order valence-electron chi connectivity index (χ1n) is 11.6. The van der Waals surface area contributed by atoms with Crippen molar-refractivity contribution in [3.05, 3.63) is 54.0 Å². The Hall–Kier alpha value is -2.00. The third-order valence-corrected chi connectivity index (χ3v) is 9.08. The number of allylic oxidation sites excluding steroid dienone is 2. The third kappa shape index (κ3) is 3.83. The normalized spacial score (nSPS) is 27.3. The number of nitrogens with zero attached hydrogens (tertiary/aromatic N) is 4. The van der Waals surface area contributed by atoms with Crippen molar-refractivity contribution in [3.63, 3.8) is 0 Å². The van der Waals surface area contributed by atoms with Gasteiger partial charge in [-0.15, -0.1) is 0 Å². The van der Waals surface area contributed by atoms with Crippen LogP contribution in [0.2, 0.25) is 0 Å². The molecule has 0 bridgehead atoms. The number of benzene rings is 1. The second-order valence-electron chi connectivity index (χ2n) is 9.27. The van der Waals surface area contributed by atoms with Crippen molar-refractivity contribution in [2.24, 2.45) is 7.05 Å². The number of sulfonamides is 1. The Morgan fingerprint density at radius 3 is 2.56 bits per heavy atom. The molecule has 1 aromatic carbocycles. The standard InChI is InChI=1S/C24H32N4O3S/c1-26-15-23(25-17-26)32(30,31)27-12-4-5-13-28-21(14-27)24(22(28)16-29)20-10-8-19(9-11-20)18-6-2-3-7-18/h6,8-11,15,17,21-22,24,29H,2-5,7,12-14,16H2,1H3/t21-,22-,24+/m0/s1. The molecular formula is C24H32N4O3S. The van der Waals surface area contributed by atoms with Crippen molar-refractivity contribution in [2.45, 2.75) is 55.1 Å². The minimum atomic E-state index is -3.65. The molecule has 0 unspecified atom stereocenters. The fourth-order valence-corrected chi connectivity index (χ4v) is 7.10. The van der Waals surface area contributed by atoms with Crippen LogP contribution in [0.15, 0.2) is 47.9 Å². The molecule has 32 heavy (non-hydrogen) atoms. The predicted octanol–water partition coefficient (Wildman–Crippen LogP) is 2.60. The predicted molar refractivity (Wildman–Crippen MR) is 124 cm³/mol. The largest absolute Gasteiger partial charge is 0.395 e. The molecule has 7 nitrogen and oxygen atoms in total. The quantitative estimate of drug-likeness (QED) is 0.748. The summed E-state index contributed by atoms with van der Waals surface area (Å²) < 4.78 is 29.9. The number of imidazole rings is 1. The lowest BCUT2D eigenvalue weighted by molar-refractivity contribution is -0.0554. The first-order chi connectivity index (χ1) is 15.5. The maximum atomic E-state index is 13.3. The fourth-order valence-electron chi connectivity index (χ4n) is 5.63. The maximum Gasteiger partial charge on any atom is 0.262 e. The van der Waals surface area contributed by atoms with Crippen LogP contribution < -0.4 is 0 Å². The molecule has 2 aliphatic heterocycles. The first-order valence-corrected chi connectivity index (χ1v) is 13.1. The van der Waals surface area contributed by atoms with Crippen molar-refractivity contribution in [2.75, 3.05) is 26.2 Å². The van der Waals surface area contributed by atoms with Crippen LogP contribution in [-0.4, -0.2) is 70.6 Å². The molecule has 1 N–H and O–H groups in total. The Bertz CT molecular complexity index is 1090. The first kappa shape index (κ1) is 21.8. The van der Waals surface area contributed by atoms with Gasteiger partial charge in [-0.2, -0.15) is 4.31 Å². The SMILES string of the molecule is Cn1cnc(S(=O)(=O)N2CCCCN3[C@@H](CO)[C@H](c4ccc(C5=CCCC5)cc4)[C@@H]3C2)c1. The van der Waals surface area contributed by atoms with Crippen molar-refractivity contribution in [1.82, 2.24) is 18.8 Å². The number of aliphatic hydroxyl groups excluding tert-OH is 1. The number of hydrogen-bond donors (Lipinski definition) is 1. The van der Waals surface area contributed by atoms with Gasteiger partial charge in [0.1, 0.15) is 0 Å². The topological polar surface area (TPSA) is 78.7 Å². The molecule has 5 rings (SSSR count). The van der Waals surface area contributed by atoms with E-state index in [1.54, 1.807) is 22.1 Å². The average Bonchev–Trinajstić information content (AvgIpc) is 3.45. The van der Waals surface area contributed by atoms with E-state index >= 15 is 0 Å². The Morgan fingerprint density at radius 1 is 1.12 bits per heavy atom. The average molecular weight is 457 g/mol. The van der Waals surface area contributed by atoms with Crippen LogP contribution >= 0.6 is 0 Å². The molecular weight excluding hydrogens is 424 g/mol. The van der Waals surface area contributed by atoms with Crippen molar-refractivity contribution in [1.29, 1.82) is 0 Å². The van der Waals surface area contributed by atoms with E-state index in [1.807, 2.05) is 0 Å². The zero-order valence-corrected chi connectivity index (χ0v) is 19.4. The zero-order chi connectivity index (χ0) is 22.3. The van der Waals surface area contributed by atoms with Gasteiger partial charge < -0.3 is 9.67 Å². The van der Waals surface area contributed by atoms with Crippen molar-refractivity contribution >= 4 is 15.6 Å². The molecule has 8 heteroatoms. The second kappa shape index (κ2) is 8.74. The van der Waals surface area contributed by atoms with Gasteiger partial charge in [0.25, 0.3) is 10.0 Å². The van der Waals surface area contributed by atoms with Crippen LogP contribution in [0.4, 0.5) is 0 Å². The lowest BCUT2D eigenvalue weighted by atomic mass is 9.74. The van der Waals surface area contributed by atoms with Crippen LogP contribution in [0.1, 0.15) is 49.1 Å². The summed E-state index contributed by atoms with van der Waals surface area (Å²) in [6, 6.07) is 8.83. The summed E-state index contributed by atoms with van der Waals surface area (Å²) in [6.45, 7) is 1.91. The van der Waals surface area contributed by atoms with Gasteiger partial charge in [0.2, 0.25) is 0 Å². The highest BCUT2D eigenvalue weighted by atomic mass is 32.2. The van der Waals surface area contributed by atoms with Gasteiger partial charge in [-0.25, -0.2) is 13.4 Å². The molecule has 3 aliphatic rings. The molecule has 3 atom stereocenters. The summed E-state index contributed by atoms with van der Waals surface area (Å²) in [5.74, 6) is 0.117. The van der Waals surface area contributed by atoms with E-state index < -0.39 is 10.0 Å². The Morgan fingerprint density at radius 2 is 1.91 bits per heavy atom. The van der Waals surface area contributed by atoms with Gasteiger partial charge in [0.15, 0.2) is 5.03 Å². The van der Waals surface area contributed by atoms with Crippen LogP contribution in [0, 0.1) is 0 Å². The number of aliphatic hydroxyl groups is 1. The van der Waals surface area contributed by atoms with Gasteiger partial charge in [-0.3, -0.25) is 4.90 Å². The number of aryl methyl sites for hydroxylation is 1. The second-order valence-corrected chi connectivity index (χ2v) is 11.2. The summed E-state index contributed by atoms with van der Waals surface area (Å²) in [5, 5.41) is 10.3. The summed E-state index contributed by atoms with van der Waals surface area (Å²) in [4.78, 5) is 6.41. The minimum absolute atomic E-state index is 0.0362. The smallest absolute Gasteiger partial charge is 0.262 e. The van der Waals surface area contributed by atoms with Crippen molar-refractivity contribution in [3.8, 4) is 0 Å². The molecule has 3 heterocycles. The number of fused-ring (bicyclic) bond motifs is 1. The maximum absolute atomic E-state index is 13.3. The minimum Gasteiger partial charge on any atom is -0.395 e. The van der Waals surface area contributed by atoms with E-state index in [0.29, 0.717) is 13.1 Å². The zero-order valence-electron chi connectivity index (χ0n) is 18.6. The molecule has 0 saturated carbocycles. The molecule has 0 amide bonds. The Labute approximate surface area is 190 Å². The van der Waals surface area contributed by atoms with Crippen LogP contribution in [0.25, 0.3) is 5.57 Å². The number of aromatic nitrogens is 2. The molecule has 172 valence electrons. The fraction of sp³-hybridized carbons (Fsp3) is 0.542. The van der Waals surface area contributed by atoms with Gasteiger partial charge in [0.05, 0.1) is 12.9 Å². The number of hydrogen-bond acceptors (Lipinski definition) is 5. The molecule has 2 fully saturated rings. The lowest BCUT2D eigenvalue weighted by Crippen LogP contribution is -2.67. The molecule has 2 saturated heterocycles. The van der Waals surface area contributed by atoms with E-state index in [4.69, 9.17) is 0 Å². The highest BCUT2D eigenvalue weighted by Crippen LogP contribution is 2.43. The highest BCUT2D eigenvalue weighted by molar-refractivity contribution is 7.89. The van der Waals surface area contributed by atoms with Gasteiger partial charge in [-0.1, -0.05) is 30.3 Å². The third-order valence-electron chi connectivity index (χ3n) is 7.33. The molecule has 2 aromatic rings. The monoisotopic (exact) mass is 456 g/mol. The molecule has 1 aromatic heterocycles.